The van der Waals surface area contributed by atoms with E-state index in [0.717, 1.165) is 18.4 Å². The van der Waals surface area contributed by atoms with Gasteiger partial charge in [-0.1, -0.05) is 11.8 Å². The molecule has 1 aliphatic rings. The van der Waals surface area contributed by atoms with Crippen molar-refractivity contribution < 1.29 is 9.59 Å². The number of carbonyl (C=O) groups excluding carboxylic acids is 2. The number of aromatic nitrogens is 4. The summed E-state index contributed by atoms with van der Waals surface area (Å²) in [6, 6.07) is 3.22. The fourth-order valence-electron chi connectivity index (χ4n) is 2.93. The molecule has 1 fully saturated rings. The summed E-state index contributed by atoms with van der Waals surface area (Å²) >= 11 is 1.31. The molecule has 1 saturated heterocycles. The van der Waals surface area contributed by atoms with Crippen molar-refractivity contribution in [1.82, 2.24) is 24.6 Å². The van der Waals surface area contributed by atoms with Crippen molar-refractivity contribution in [2.24, 2.45) is 12.8 Å². The summed E-state index contributed by atoms with van der Waals surface area (Å²) in [6.45, 7) is 0.577. The molecule has 0 saturated carbocycles. The molecule has 132 valence electrons. The second-order valence-corrected chi connectivity index (χ2v) is 6.83. The summed E-state index contributed by atoms with van der Waals surface area (Å²) in [5.74, 6) is 0.385. The molecule has 1 atom stereocenters. The summed E-state index contributed by atoms with van der Waals surface area (Å²) in [6.07, 6.45) is 5.85. The van der Waals surface area contributed by atoms with Gasteiger partial charge in [0.1, 0.15) is 6.04 Å². The Morgan fingerprint density at radius 1 is 1.28 bits per heavy atom. The van der Waals surface area contributed by atoms with Gasteiger partial charge in [-0.2, -0.15) is 0 Å². The SMILES string of the molecule is Cn1c(SCC(=O)N2CCCC[C@@H]2C(N)=O)nnc1-c1ccncc1. The number of hydrogen-bond acceptors (Lipinski definition) is 6. The maximum Gasteiger partial charge on any atom is 0.240 e. The molecule has 0 aliphatic carbocycles. The molecule has 2 N–H and O–H groups in total. The first-order chi connectivity index (χ1) is 12.1. The van der Waals surface area contributed by atoms with E-state index in [1.165, 1.54) is 11.8 Å². The number of rotatable bonds is 5. The molecule has 0 spiro atoms. The molecular formula is C16H20N6O2S. The molecule has 2 aromatic heterocycles. The Kier molecular flexibility index (Phi) is 5.32. The number of thioether (sulfide) groups is 1. The van der Waals surface area contributed by atoms with Crippen LogP contribution in [0.25, 0.3) is 11.4 Å². The highest BCUT2D eigenvalue weighted by atomic mass is 32.2. The summed E-state index contributed by atoms with van der Waals surface area (Å²) in [5.41, 5.74) is 6.33. The van der Waals surface area contributed by atoms with Gasteiger partial charge in [0.05, 0.1) is 5.75 Å². The predicted octanol–water partition coefficient (Wildman–Crippen LogP) is 0.836. The van der Waals surface area contributed by atoms with E-state index in [9.17, 15) is 9.59 Å². The average Bonchev–Trinajstić information content (AvgIpc) is 3.01. The zero-order valence-electron chi connectivity index (χ0n) is 14.0. The minimum absolute atomic E-state index is 0.0954. The zero-order chi connectivity index (χ0) is 17.8. The van der Waals surface area contributed by atoms with E-state index in [4.69, 9.17) is 5.73 Å². The maximum atomic E-state index is 12.5. The van der Waals surface area contributed by atoms with Gasteiger partial charge in [-0.05, 0) is 31.4 Å². The Morgan fingerprint density at radius 2 is 2.04 bits per heavy atom. The highest BCUT2D eigenvalue weighted by molar-refractivity contribution is 7.99. The van der Waals surface area contributed by atoms with Crippen LogP contribution in [0, 0.1) is 0 Å². The summed E-state index contributed by atoms with van der Waals surface area (Å²) in [5, 5.41) is 8.99. The van der Waals surface area contributed by atoms with Crippen LogP contribution >= 0.6 is 11.8 Å². The van der Waals surface area contributed by atoms with Gasteiger partial charge in [-0.15, -0.1) is 10.2 Å². The van der Waals surface area contributed by atoms with Crippen molar-refractivity contribution in [2.75, 3.05) is 12.3 Å². The van der Waals surface area contributed by atoms with Crippen molar-refractivity contribution in [2.45, 2.75) is 30.5 Å². The Labute approximate surface area is 149 Å². The fraction of sp³-hybridized carbons (Fsp3) is 0.438. The van der Waals surface area contributed by atoms with Gasteiger partial charge in [0.15, 0.2) is 11.0 Å². The Morgan fingerprint density at radius 3 is 2.76 bits per heavy atom. The van der Waals surface area contributed by atoms with E-state index < -0.39 is 11.9 Å². The fourth-order valence-corrected chi connectivity index (χ4v) is 3.73. The monoisotopic (exact) mass is 360 g/mol. The lowest BCUT2D eigenvalue weighted by Crippen LogP contribution is -2.51. The topological polar surface area (TPSA) is 107 Å². The van der Waals surface area contributed by atoms with Crippen molar-refractivity contribution in [3.63, 3.8) is 0 Å². The van der Waals surface area contributed by atoms with E-state index in [1.807, 2.05) is 23.7 Å². The van der Waals surface area contributed by atoms with Crippen LogP contribution < -0.4 is 5.73 Å². The average molecular weight is 360 g/mol. The number of nitrogens with zero attached hydrogens (tertiary/aromatic N) is 5. The molecule has 1 aliphatic heterocycles. The quantitative estimate of drug-likeness (QED) is 0.792. The summed E-state index contributed by atoms with van der Waals surface area (Å²) in [4.78, 5) is 29.6. The molecule has 0 bridgehead atoms. The number of hydrogen-bond donors (Lipinski definition) is 1. The zero-order valence-corrected chi connectivity index (χ0v) is 14.8. The smallest absolute Gasteiger partial charge is 0.240 e. The van der Waals surface area contributed by atoms with E-state index >= 15 is 0 Å². The number of pyridine rings is 1. The van der Waals surface area contributed by atoms with Gasteiger partial charge < -0.3 is 15.2 Å². The Bertz CT molecular complexity index is 763. The van der Waals surface area contributed by atoms with Crippen molar-refractivity contribution in [3.05, 3.63) is 24.5 Å². The number of primary amides is 1. The standard InChI is InChI=1S/C16H20N6O2S/c1-21-15(11-5-7-18-8-6-11)19-20-16(21)25-10-13(23)22-9-3-2-4-12(22)14(17)24/h5-8,12H,2-4,9-10H2,1H3,(H2,17,24)/t12-/m1/s1. The lowest BCUT2D eigenvalue weighted by atomic mass is 10.0. The normalized spacial score (nSPS) is 17.5. The predicted molar refractivity (Wildman–Crippen MR) is 93.5 cm³/mol. The van der Waals surface area contributed by atoms with Crippen LogP contribution in [-0.2, 0) is 16.6 Å². The number of nitrogens with two attached hydrogens (primary N) is 1. The molecule has 25 heavy (non-hydrogen) atoms. The first kappa shape index (κ1) is 17.4. The third kappa shape index (κ3) is 3.81. The summed E-state index contributed by atoms with van der Waals surface area (Å²) in [7, 11) is 1.86. The molecule has 0 aromatic carbocycles. The van der Waals surface area contributed by atoms with E-state index in [0.29, 0.717) is 23.9 Å². The third-order valence-electron chi connectivity index (χ3n) is 4.25. The highest BCUT2D eigenvalue weighted by Crippen LogP contribution is 2.24. The second kappa shape index (κ2) is 7.64. The van der Waals surface area contributed by atoms with Crippen molar-refractivity contribution in [1.29, 1.82) is 0 Å². The van der Waals surface area contributed by atoms with E-state index in [1.54, 1.807) is 17.3 Å². The lowest BCUT2D eigenvalue weighted by molar-refractivity contribution is -0.138. The molecule has 3 rings (SSSR count). The van der Waals surface area contributed by atoms with Crippen LogP contribution in [0.4, 0.5) is 0 Å². The van der Waals surface area contributed by atoms with Gasteiger partial charge in [0.25, 0.3) is 0 Å². The minimum atomic E-state index is -0.492. The molecule has 2 aromatic rings. The molecule has 3 heterocycles. The number of amides is 2. The van der Waals surface area contributed by atoms with Gasteiger partial charge >= 0.3 is 0 Å². The van der Waals surface area contributed by atoms with Gasteiger partial charge in [-0.25, -0.2) is 0 Å². The van der Waals surface area contributed by atoms with E-state index in [2.05, 4.69) is 15.2 Å². The second-order valence-electron chi connectivity index (χ2n) is 5.89. The molecule has 9 heteroatoms. The highest BCUT2D eigenvalue weighted by Gasteiger charge is 2.30. The first-order valence-electron chi connectivity index (χ1n) is 8.09. The van der Waals surface area contributed by atoms with Crippen molar-refractivity contribution >= 4 is 23.6 Å². The Hall–Kier alpha value is -2.42. The van der Waals surface area contributed by atoms with Crippen LogP contribution in [0.3, 0.4) is 0 Å². The van der Waals surface area contributed by atoms with E-state index in [-0.39, 0.29) is 11.7 Å². The number of carbonyl (C=O) groups is 2. The van der Waals surface area contributed by atoms with Crippen LogP contribution in [0.1, 0.15) is 19.3 Å². The van der Waals surface area contributed by atoms with Crippen LogP contribution in [-0.4, -0.2) is 54.8 Å². The molecule has 0 unspecified atom stereocenters. The molecule has 8 nitrogen and oxygen atoms in total. The largest absolute Gasteiger partial charge is 0.368 e. The lowest BCUT2D eigenvalue weighted by Gasteiger charge is -2.33. The first-order valence-corrected chi connectivity index (χ1v) is 9.08. The minimum Gasteiger partial charge on any atom is -0.368 e. The van der Waals surface area contributed by atoms with Gasteiger partial charge in [0, 0.05) is 31.5 Å². The molecular weight excluding hydrogens is 340 g/mol. The van der Waals surface area contributed by atoms with Gasteiger partial charge in [-0.3, -0.25) is 14.6 Å². The van der Waals surface area contributed by atoms with Crippen LogP contribution in [0.2, 0.25) is 0 Å². The number of piperidine rings is 1. The van der Waals surface area contributed by atoms with Crippen LogP contribution in [0.5, 0.6) is 0 Å². The third-order valence-corrected chi connectivity index (χ3v) is 5.25. The maximum absolute atomic E-state index is 12.5. The number of likely N-dealkylation sites (tertiary alicyclic amines) is 1. The summed E-state index contributed by atoms with van der Waals surface area (Å²) < 4.78 is 1.84. The van der Waals surface area contributed by atoms with Crippen molar-refractivity contribution in [3.8, 4) is 11.4 Å². The Balaban J connectivity index is 1.66. The molecule has 0 radical (unpaired) electrons. The molecule has 2 amide bonds. The van der Waals surface area contributed by atoms with Gasteiger partial charge in [0.2, 0.25) is 11.8 Å². The van der Waals surface area contributed by atoms with Crippen LogP contribution in [0.15, 0.2) is 29.7 Å².